The maximum absolute atomic E-state index is 5.80. The van der Waals surface area contributed by atoms with E-state index in [1.165, 1.54) is 0 Å². The van der Waals surface area contributed by atoms with Crippen molar-refractivity contribution in [3.05, 3.63) is 22.2 Å². The maximum atomic E-state index is 5.80. The van der Waals surface area contributed by atoms with Gasteiger partial charge in [0.05, 0.1) is 14.2 Å². The Bertz CT molecular complexity index is 352. The number of ether oxygens (including phenoxy) is 2. The van der Waals surface area contributed by atoms with Crippen molar-refractivity contribution in [3.8, 4) is 11.5 Å². The van der Waals surface area contributed by atoms with Crippen molar-refractivity contribution in [3.63, 3.8) is 0 Å². The Morgan fingerprint density at radius 2 is 1.62 bits per heavy atom. The molecule has 3 nitrogen and oxygen atoms in total. The minimum Gasteiger partial charge on any atom is -0.496 e. The van der Waals surface area contributed by atoms with Crippen molar-refractivity contribution in [2.45, 2.75) is 19.3 Å². The number of hydrogen-bond acceptors (Lipinski definition) is 3. The predicted octanol–water partition coefficient (Wildman–Crippen LogP) is 2.70. The molecular weight excluding hydrogens is 270 g/mol. The number of halogens is 1. The lowest BCUT2D eigenvalue weighted by Crippen LogP contribution is -2.29. The first kappa shape index (κ1) is 13.3. The molecule has 0 aromatic heterocycles. The first-order valence-corrected chi connectivity index (χ1v) is 5.87. The molecule has 16 heavy (non-hydrogen) atoms. The molecule has 0 heterocycles. The van der Waals surface area contributed by atoms with Gasteiger partial charge in [-0.25, -0.2) is 0 Å². The van der Waals surface area contributed by atoms with Crippen LogP contribution in [0.3, 0.4) is 0 Å². The Morgan fingerprint density at radius 1 is 1.19 bits per heavy atom. The van der Waals surface area contributed by atoms with Crippen LogP contribution in [0.15, 0.2) is 16.6 Å². The first-order chi connectivity index (χ1) is 7.46. The van der Waals surface area contributed by atoms with Gasteiger partial charge in [-0.2, -0.15) is 0 Å². The summed E-state index contributed by atoms with van der Waals surface area (Å²) < 4.78 is 11.7. The molecule has 0 bridgehead atoms. The SMILES string of the molecule is COc1cc(Br)cc(OC)c1C(C)(C)CN. The largest absolute Gasteiger partial charge is 0.496 e. The molecule has 0 saturated heterocycles. The molecule has 4 heteroatoms. The summed E-state index contributed by atoms with van der Waals surface area (Å²) in [6.07, 6.45) is 0. The normalized spacial score (nSPS) is 11.4. The minimum absolute atomic E-state index is 0.183. The summed E-state index contributed by atoms with van der Waals surface area (Å²) in [5, 5.41) is 0. The molecule has 0 radical (unpaired) electrons. The molecule has 1 aromatic carbocycles. The van der Waals surface area contributed by atoms with Gasteiger partial charge >= 0.3 is 0 Å². The summed E-state index contributed by atoms with van der Waals surface area (Å²) >= 11 is 3.43. The van der Waals surface area contributed by atoms with Crippen LogP contribution in [0, 0.1) is 0 Å². The second-order valence-electron chi connectivity index (χ2n) is 4.27. The van der Waals surface area contributed by atoms with Gasteiger partial charge < -0.3 is 15.2 Å². The van der Waals surface area contributed by atoms with Crippen molar-refractivity contribution in [1.29, 1.82) is 0 Å². The maximum Gasteiger partial charge on any atom is 0.127 e. The number of methoxy groups -OCH3 is 2. The molecule has 0 fully saturated rings. The summed E-state index contributed by atoms with van der Waals surface area (Å²) in [6.45, 7) is 4.67. The van der Waals surface area contributed by atoms with Crippen molar-refractivity contribution in [2.75, 3.05) is 20.8 Å². The van der Waals surface area contributed by atoms with Crippen LogP contribution in [0.1, 0.15) is 19.4 Å². The highest BCUT2D eigenvalue weighted by molar-refractivity contribution is 9.10. The lowest BCUT2D eigenvalue weighted by atomic mass is 9.83. The van der Waals surface area contributed by atoms with E-state index in [-0.39, 0.29) is 5.41 Å². The van der Waals surface area contributed by atoms with Crippen LogP contribution in [-0.4, -0.2) is 20.8 Å². The van der Waals surface area contributed by atoms with Gasteiger partial charge in [-0.1, -0.05) is 29.8 Å². The fraction of sp³-hybridized carbons (Fsp3) is 0.500. The zero-order valence-electron chi connectivity index (χ0n) is 10.1. The number of hydrogen-bond donors (Lipinski definition) is 1. The summed E-state index contributed by atoms with van der Waals surface area (Å²) in [5.41, 5.74) is 6.62. The van der Waals surface area contributed by atoms with Gasteiger partial charge in [0, 0.05) is 22.0 Å². The van der Waals surface area contributed by atoms with Gasteiger partial charge in [0.25, 0.3) is 0 Å². The van der Waals surface area contributed by atoms with E-state index in [2.05, 4.69) is 29.8 Å². The van der Waals surface area contributed by atoms with Gasteiger partial charge in [-0.15, -0.1) is 0 Å². The molecule has 0 atom stereocenters. The first-order valence-electron chi connectivity index (χ1n) is 5.08. The van der Waals surface area contributed by atoms with Crippen molar-refractivity contribution >= 4 is 15.9 Å². The summed E-state index contributed by atoms with van der Waals surface area (Å²) in [4.78, 5) is 0. The van der Waals surface area contributed by atoms with E-state index in [1.54, 1.807) is 14.2 Å². The minimum atomic E-state index is -0.183. The van der Waals surface area contributed by atoms with Crippen molar-refractivity contribution in [1.82, 2.24) is 0 Å². The fourth-order valence-corrected chi connectivity index (χ4v) is 2.06. The molecule has 90 valence electrons. The Balaban J connectivity index is 3.44. The van der Waals surface area contributed by atoms with Crippen LogP contribution in [0.2, 0.25) is 0 Å². The van der Waals surface area contributed by atoms with E-state index in [4.69, 9.17) is 15.2 Å². The van der Waals surface area contributed by atoms with Gasteiger partial charge in [0.2, 0.25) is 0 Å². The number of rotatable bonds is 4. The zero-order chi connectivity index (χ0) is 12.3. The third-order valence-electron chi connectivity index (χ3n) is 2.66. The average molecular weight is 288 g/mol. The van der Waals surface area contributed by atoms with E-state index in [0.717, 1.165) is 21.5 Å². The van der Waals surface area contributed by atoms with E-state index in [1.807, 2.05) is 12.1 Å². The summed E-state index contributed by atoms with van der Waals surface area (Å²) in [5.74, 6) is 1.59. The molecule has 0 aliphatic heterocycles. The Morgan fingerprint density at radius 3 is 1.94 bits per heavy atom. The Labute approximate surface area is 105 Å². The summed E-state index contributed by atoms with van der Waals surface area (Å²) in [6, 6.07) is 3.85. The molecule has 1 rings (SSSR count). The smallest absolute Gasteiger partial charge is 0.127 e. The lowest BCUT2D eigenvalue weighted by molar-refractivity contribution is 0.362. The van der Waals surface area contributed by atoms with Crippen LogP contribution in [0.5, 0.6) is 11.5 Å². The zero-order valence-corrected chi connectivity index (χ0v) is 11.7. The van der Waals surface area contributed by atoms with Gasteiger partial charge in [0.1, 0.15) is 11.5 Å². The monoisotopic (exact) mass is 287 g/mol. The number of nitrogens with two attached hydrogens (primary N) is 1. The Kier molecular flexibility index (Phi) is 4.21. The molecular formula is C12H18BrNO2. The average Bonchev–Trinajstić information content (AvgIpc) is 2.27. The molecule has 0 saturated carbocycles. The van der Waals surface area contributed by atoms with Gasteiger partial charge in [0.15, 0.2) is 0 Å². The second-order valence-corrected chi connectivity index (χ2v) is 5.19. The van der Waals surface area contributed by atoms with Crippen LogP contribution >= 0.6 is 15.9 Å². The van der Waals surface area contributed by atoms with Gasteiger partial charge in [-0.05, 0) is 12.1 Å². The highest BCUT2D eigenvalue weighted by Gasteiger charge is 2.27. The van der Waals surface area contributed by atoms with Crippen LogP contribution in [-0.2, 0) is 5.41 Å². The number of benzene rings is 1. The molecule has 0 aliphatic rings. The quantitative estimate of drug-likeness (QED) is 0.926. The molecule has 1 aromatic rings. The highest BCUT2D eigenvalue weighted by atomic mass is 79.9. The third-order valence-corrected chi connectivity index (χ3v) is 3.12. The van der Waals surface area contributed by atoms with Crippen LogP contribution in [0.25, 0.3) is 0 Å². The molecule has 0 spiro atoms. The van der Waals surface area contributed by atoms with E-state index < -0.39 is 0 Å². The predicted molar refractivity (Wildman–Crippen MR) is 69.3 cm³/mol. The second kappa shape index (κ2) is 5.06. The van der Waals surface area contributed by atoms with Crippen LogP contribution in [0.4, 0.5) is 0 Å². The fourth-order valence-electron chi connectivity index (χ4n) is 1.65. The standard InChI is InChI=1S/C12H18BrNO2/c1-12(2,7-14)11-9(15-3)5-8(13)6-10(11)16-4/h5-6H,7,14H2,1-4H3. The molecule has 0 unspecified atom stereocenters. The van der Waals surface area contributed by atoms with Crippen molar-refractivity contribution < 1.29 is 9.47 Å². The lowest BCUT2D eigenvalue weighted by Gasteiger charge is -2.27. The van der Waals surface area contributed by atoms with E-state index >= 15 is 0 Å². The summed E-state index contributed by atoms with van der Waals surface area (Å²) in [7, 11) is 3.30. The van der Waals surface area contributed by atoms with Crippen molar-refractivity contribution in [2.24, 2.45) is 5.73 Å². The highest BCUT2D eigenvalue weighted by Crippen LogP contribution is 2.40. The van der Waals surface area contributed by atoms with E-state index in [9.17, 15) is 0 Å². The molecule has 0 amide bonds. The molecule has 2 N–H and O–H groups in total. The van der Waals surface area contributed by atoms with Gasteiger partial charge in [-0.3, -0.25) is 0 Å². The Hall–Kier alpha value is -0.740. The van der Waals surface area contributed by atoms with Crippen LogP contribution < -0.4 is 15.2 Å². The third kappa shape index (κ3) is 2.50. The topological polar surface area (TPSA) is 44.5 Å². The van der Waals surface area contributed by atoms with E-state index in [0.29, 0.717) is 6.54 Å². The molecule has 0 aliphatic carbocycles.